The first-order valence-electron chi connectivity index (χ1n) is 9.25. The quantitative estimate of drug-likeness (QED) is 0.635. The van der Waals surface area contributed by atoms with Crippen LogP contribution < -0.4 is 10.6 Å². The number of ether oxygens (including phenoxy) is 1. The summed E-state index contributed by atoms with van der Waals surface area (Å²) in [4.78, 5) is 13.6. The standard InChI is InChI=1S/C19H19Cl2N7O/c1-28-17-15(10-23-18(27-17)24-12-3-2-5-29-6-4-12)25-19(28)26-16-13(20)7-11(9-22)8-14(16)21/h7-8,10,12H,2-6H2,1H3,(H,25,26)(H,23,24,27). The summed E-state index contributed by atoms with van der Waals surface area (Å²) >= 11 is 12.6. The van der Waals surface area contributed by atoms with E-state index in [1.165, 1.54) is 0 Å². The van der Waals surface area contributed by atoms with Gasteiger partial charge in [0.25, 0.3) is 0 Å². The summed E-state index contributed by atoms with van der Waals surface area (Å²) in [5, 5.41) is 16.2. The first-order valence-corrected chi connectivity index (χ1v) is 10.0. The zero-order valence-electron chi connectivity index (χ0n) is 15.7. The molecule has 0 saturated carbocycles. The highest BCUT2D eigenvalue weighted by atomic mass is 35.5. The van der Waals surface area contributed by atoms with Crippen molar-refractivity contribution in [1.82, 2.24) is 19.5 Å². The van der Waals surface area contributed by atoms with Crippen LogP contribution in [0.5, 0.6) is 0 Å². The highest BCUT2D eigenvalue weighted by molar-refractivity contribution is 6.39. The van der Waals surface area contributed by atoms with Gasteiger partial charge in [-0.05, 0) is 31.4 Å². The van der Waals surface area contributed by atoms with Gasteiger partial charge in [-0.2, -0.15) is 10.2 Å². The average molecular weight is 432 g/mol. The molecule has 10 heteroatoms. The van der Waals surface area contributed by atoms with Crippen molar-refractivity contribution in [3.63, 3.8) is 0 Å². The van der Waals surface area contributed by atoms with Crippen LogP contribution in [-0.4, -0.2) is 38.8 Å². The second kappa shape index (κ2) is 8.41. The Hall–Kier alpha value is -2.60. The van der Waals surface area contributed by atoms with Gasteiger partial charge in [-0.1, -0.05) is 23.2 Å². The number of fused-ring (bicyclic) bond motifs is 1. The number of benzene rings is 1. The van der Waals surface area contributed by atoms with Gasteiger partial charge in [0.1, 0.15) is 5.52 Å². The second-order valence-corrected chi connectivity index (χ2v) is 7.65. The molecule has 8 nitrogen and oxygen atoms in total. The summed E-state index contributed by atoms with van der Waals surface area (Å²) in [6, 6.07) is 5.42. The number of aromatic nitrogens is 4. The fourth-order valence-corrected chi connectivity index (χ4v) is 3.84. The normalized spacial score (nSPS) is 17.0. The Morgan fingerprint density at radius 3 is 2.76 bits per heavy atom. The molecule has 0 spiro atoms. The number of halogens is 2. The second-order valence-electron chi connectivity index (χ2n) is 6.83. The van der Waals surface area contributed by atoms with Gasteiger partial charge >= 0.3 is 0 Å². The van der Waals surface area contributed by atoms with Crippen molar-refractivity contribution in [2.45, 2.75) is 25.3 Å². The summed E-state index contributed by atoms with van der Waals surface area (Å²) in [5.74, 6) is 1.08. The first-order chi connectivity index (χ1) is 14.0. The van der Waals surface area contributed by atoms with E-state index < -0.39 is 0 Å². The van der Waals surface area contributed by atoms with Crippen LogP contribution in [0.15, 0.2) is 18.3 Å². The van der Waals surface area contributed by atoms with Crippen molar-refractivity contribution in [2.24, 2.45) is 7.05 Å². The Bertz CT molecular complexity index is 1060. The van der Waals surface area contributed by atoms with Crippen molar-refractivity contribution in [1.29, 1.82) is 5.26 Å². The summed E-state index contributed by atoms with van der Waals surface area (Å²) in [7, 11) is 1.85. The van der Waals surface area contributed by atoms with E-state index in [0.29, 0.717) is 44.4 Å². The number of nitrogens with one attached hydrogen (secondary N) is 2. The van der Waals surface area contributed by atoms with Crippen molar-refractivity contribution < 1.29 is 4.74 Å². The van der Waals surface area contributed by atoms with Crippen LogP contribution in [-0.2, 0) is 11.8 Å². The van der Waals surface area contributed by atoms with E-state index in [1.54, 1.807) is 18.3 Å². The molecule has 2 N–H and O–H groups in total. The maximum Gasteiger partial charge on any atom is 0.224 e. The topological polar surface area (TPSA) is 101 Å². The first kappa shape index (κ1) is 19.7. The van der Waals surface area contributed by atoms with Crippen molar-refractivity contribution in [2.75, 3.05) is 23.8 Å². The summed E-state index contributed by atoms with van der Waals surface area (Å²) < 4.78 is 7.31. The molecule has 29 heavy (non-hydrogen) atoms. The molecule has 0 radical (unpaired) electrons. The van der Waals surface area contributed by atoms with Crippen molar-refractivity contribution >= 4 is 51.9 Å². The number of anilines is 3. The van der Waals surface area contributed by atoms with Crippen LogP contribution in [0.4, 0.5) is 17.6 Å². The molecule has 0 bridgehead atoms. The third-order valence-electron chi connectivity index (χ3n) is 4.80. The molecule has 4 rings (SSSR count). The lowest BCUT2D eigenvalue weighted by Crippen LogP contribution is -2.21. The third kappa shape index (κ3) is 4.22. The van der Waals surface area contributed by atoms with E-state index in [4.69, 9.17) is 33.2 Å². The fraction of sp³-hybridized carbons (Fsp3) is 0.368. The molecule has 1 saturated heterocycles. The summed E-state index contributed by atoms with van der Waals surface area (Å²) in [6.07, 6.45) is 4.65. The van der Waals surface area contributed by atoms with Gasteiger partial charge < -0.3 is 15.4 Å². The predicted molar refractivity (Wildman–Crippen MR) is 113 cm³/mol. The van der Waals surface area contributed by atoms with Crippen LogP contribution in [0.2, 0.25) is 10.0 Å². The van der Waals surface area contributed by atoms with E-state index in [9.17, 15) is 0 Å². The fourth-order valence-electron chi connectivity index (χ4n) is 3.26. The van der Waals surface area contributed by atoms with E-state index >= 15 is 0 Å². The number of nitriles is 1. The Morgan fingerprint density at radius 2 is 2.00 bits per heavy atom. The lowest BCUT2D eigenvalue weighted by atomic mass is 10.1. The van der Waals surface area contributed by atoms with Crippen LogP contribution in [0.3, 0.4) is 0 Å². The smallest absolute Gasteiger partial charge is 0.224 e. The number of nitrogens with zero attached hydrogens (tertiary/aromatic N) is 5. The molecule has 150 valence electrons. The van der Waals surface area contributed by atoms with E-state index in [-0.39, 0.29) is 6.04 Å². The minimum absolute atomic E-state index is 0.289. The molecule has 3 heterocycles. The maximum absolute atomic E-state index is 9.03. The molecule has 1 fully saturated rings. The maximum atomic E-state index is 9.03. The molecule has 1 aromatic carbocycles. The monoisotopic (exact) mass is 431 g/mol. The molecule has 1 unspecified atom stereocenters. The van der Waals surface area contributed by atoms with E-state index in [2.05, 4.69) is 25.6 Å². The predicted octanol–water partition coefficient (Wildman–Crippen LogP) is 4.27. The van der Waals surface area contributed by atoms with Gasteiger partial charge in [0, 0.05) is 26.3 Å². The van der Waals surface area contributed by atoms with Crippen molar-refractivity contribution in [3.05, 3.63) is 33.9 Å². The van der Waals surface area contributed by atoms with Crippen molar-refractivity contribution in [3.8, 4) is 6.07 Å². The molecule has 3 aromatic rings. The Labute approximate surface area is 177 Å². The molecule has 1 atom stereocenters. The molecule has 0 aliphatic carbocycles. The molecular formula is C19H19Cl2N7O. The third-order valence-corrected chi connectivity index (χ3v) is 5.40. The molecule has 1 aliphatic heterocycles. The van der Waals surface area contributed by atoms with Crippen LogP contribution >= 0.6 is 23.2 Å². The van der Waals surface area contributed by atoms with Crippen LogP contribution in [0, 0.1) is 11.3 Å². The highest BCUT2D eigenvalue weighted by Gasteiger charge is 2.17. The minimum Gasteiger partial charge on any atom is -0.381 e. The molecular weight excluding hydrogens is 413 g/mol. The highest BCUT2D eigenvalue weighted by Crippen LogP contribution is 2.34. The lowest BCUT2D eigenvalue weighted by molar-refractivity contribution is 0.144. The number of aryl methyl sites for hydroxylation is 1. The van der Waals surface area contributed by atoms with E-state index in [0.717, 1.165) is 32.5 Å². The Balaban J connectivity index is 1.60. The molecule has 0 amide bonds. The Kier molecular flexibility index (Phi) is 5.72. The Morgan fingerprint density at radius 1 is 1.21 bits per heavy atom. The average Bonchev–Trinajstić information content (AvgIpc) is 2.87. The van der Waals surface area contributed by atoms with E-state index in [1.807, 2.05) is 17.7 Å². The van der Waals surface area contributed by atoms with Gasteiger partial charge in [-0.15, -0.1) is 0 Å². The van der Waals surface area contributed by atoms with Gasteiger partial charge in [0.05, 0.1) is 33.6 Å². The number of rotatable bonds is 4. The van der Waals surface area contributed by atoms with Gasteiger partial charge in [0.2, 0.25) is 11.9 Å². The number of imidazole rings is 1. The van der Waals surface area contributed by atoms with Gasteiger partial charge in [-0.3, -0.25) is 4.57 Å². The van der Waals surface area contributed by atoms with Gasteiger partial charge in [-0.25, -0.2) is 9.97 Å². The molecule has 1 aliphatic rings. The lowest BCUT2D eigenvalue weighted by Gasteiger charge is -2.15. The summed E-state index contributed by atoms with van der Waals surface area (Å²) in [6.45, 7) is 1.54. The van der Waals surface area contributed by atoms with Gasteiger partial charge in [0.15, 0.2) is 5.65 Å². The zero-order chi connectivity index (χ0) is 20.4. The number of hydrogen-bond donors (Lipinski definition) is 2. The largest absolute Gasteiger partial charge is 0.381 e. The zero-order valence-corrected chi connectivity index (χ0v) is 17.3. The number of hydrogen-bond acceptors (Lipinski definition) is 7. The molecule has 2 aromatic heterocycles. The van der Waals surface area contributed by atoms with Crippen LogP contribution in [0.25, 0.3) is 11.2 Å². The SMILES string of the molecule is Cn1c(Nc2c(Cl)cc(C#N)cc2Cl)nc2cnc(NC3CCCOCC3)nc21. The summed E-state index contributed by atoms with van der Waals surface area (Å²) in [5.41, 5.74) is 2.19. The van der Waals surface area contributed by atoms with Crippen LogP contribution in [0.1, 0.15) is 24.8 Å². The minimum atomic E-state index is 0.289.